The molecular formula is C32H39F5N4O4. The van der Waals surface area contributed by atoms with Crippen molar-refractivity contribution in [1.82, 2.24) is 10.2 Å². The highest BCUT2D eigenvalue weighted by Gasteiger charge is 2.55. The molecule has 2 aliphatic heterocycles. The van der Waals surface area contributed by atoms with Crippen LogP contribution in [-0.2, 0) is 11.3 Å². The van der Waals surface area contributed by atoms with E-state index >= 15 is 0 Å². The van der Waals surface area contributed by atoms with Gasteiger partial charge >= 0.3 is 18.2 Å². The van der Waals surface area contributed by atoms with Crippen molar-refractivity contribution >= 4 is 23.5 Å². The third kappa shape index (κ3) is 8.30. The number of nitrogens with one attached hydrogen (secondary N) is 1. The van der Waals surface area contributed by atoms with Gasteiger partial charge in [0.25, 0.3) is 0 Å². The summed E-state index contributed by atoms with van der Waals surface area (Å²) >= 11 is 0. The third-order valence-electron chi connectivity index (χ3n) is 8.27. The Morgan fingerprint density at radius 1 is 1.16 bits per heavy atom. The molecule has 0 radical (unpaired) electrons. The van der Waals surface area contributed by atoms with Gasteiger partial charge in [0, 0.05) is 24.8 Å². The van der Waals surface area contributed by atoms with Crippen molar-refractivity contribution in [3.63, 3.8) is 0 Å². The van der Waals surface area contributed by atoms with Crippen molar-refractivity contribution < 1.29 is 41.4 Å². The lowest BCUT2D eigenvalue weighted by Crippen LogP contribution is -2.59. The van der Waals surface area contributed by atoms with Crippen LogP contribution in [0.3, 0.4) is 0 Å². The van der Waals surface area contributed by atoms with Crippen LogP contribution in [0.25, 0.3) is 0 Å². The fourth-order valence-electron chi connectivity index (χ4n) is 6.23. The minimum atomic E-state index is -5.08. The van der Waals surface area contributed by atoms with Crippen LogP contribution in [0.4, 0.5) is 32.4 Å². The highest BCUT2D eigenvalue weighted by Crippen LogP contribution is 2.41. The van der Waals surface area contributed by atoms with E-state index in [4.69, 9.17) is 19.6 Å². The number of aliphatic imine (C=N–C) groups is 1. The monoisotopic (exact) mass is 638 g/mol. The number of aliphatic carboxylic acids is 1. The number of halogens is 5. The maximum atomic E-state index is 14.8. The van der Waals surface area contributed by atoms with E-state index in [0.29, 0.717) is 43.8 Å². The Kier molecular flexibility index (Phi) is 10.7. The van der Waals surface area contributed by atoms with Gasteiger partial charge in [0.15, 0.2) is 0 Å². The van der Waals surface area contributed by atoms with Crippen molar-refractivity contribution in [3.05, 3.63) is 59.9 Å². The van der Waals surface area contributed by atoms with Gasteiger partial charge in [-0.2, -0.15) is 13.2 Å². The lowest BCUT2D eigenvalue weighted by molar-refractivity contribution is -0.192. The summed E-state index contributed by atoms with van der Waals surface area (Å²) in [4.78, 5) is 31.2. The molecule has 8 nitrogen and oxygen atoms in total. The van der Waals surface area contributed by atoms with Crippen molar-refractivity contribution in [2.45, 2.75) is 102 Å². The number of piperidine rings is 1. The van der Waals surface area contributed by atoms with Gasteiger partial charge in [0.1, 0.15) is 29.1 Å². The molecule has 2 amide bonds. The molecule has 1 spiro atoms. The number of carbonyl (C=O) groups is 2. The largest absolute Gasteiger partial charge is 0.491 e. The first kappa shape index (κ1) is 34.1. The van der Waals surface area contributed by atoms with E-state index in [1.165, 1.54) is 12.1 Å². The fraction of sp³-hybridized carbons (Fsp3) is 0.531. The molecule has 2 saturated heterocycles. The quantitative estimate of drug-likeness (QED) is 0.337. The number of hydrogen-bond donors (Lipinski definition) is 2. The summed E-state index contributed by atoms with van der Waals surface area (Å²) in [5.41, 5.74) is 0.873. The molecule has 246 valence electrons. The van der Waals surface area contributed by atoms with Gasteiger partial charge in [-0.1, -0.05) is 31.0 Å². The molecule has 0 aromatic heterocycles. The number of ether oxygens (including phenoxy) is 1. The van der Waals surface area contributed by atoms with Crippen LogP contribution in [-0.4, -0.2) is 70.5 Å². The molecule has 2 N–H and O–H groups in total. The number of carboxylic acid groups (broad SMARTS) is 1. The molecule has 2 aromatic rings. The van der Waals surface area contributed by atoms with E-state index in [9.17, 15) is 26.7 Å². The van der Waals surface area contributed by atoms with Gasteiger partial charge in [-0.3, -0.25) is 20.1 Å². The molecule has 2 aromatic carbocycles. The number of urea groups is 1. The Morgan fingerprint density at radius 2 is 1.84 bits per heavy atom. The van der Waals surface area contributed by atoms with Crippen molar-refractivity contribution in [1.29, 1.82) is 0 Å². The van der Waals surface area contributed by atoms with E-state index < -0.39 is 35.7 Å². The molecule has 5 rings (SSSR count). The number of rotatable bonds is 6. The highest BCUT2D eigenvalue weighted by molar-refractivity contribution is 6.19. The normalized spacial score (nSPS) is 26.5. The average molecular weight is 639 g/mol. The zero-order valence-electron chi connectivity index (χ0n) is 25.5. The van der Waals surface area contributed by atoms with Gasteiger partial charge < -0.3 is 9.84 Å². The number of hydrogen-bond acceptors (Lipinski definition) is 5. The summed E-state index contributed by atoms with van der Waals surface area (Å²) < 4.78 is 66.7. The Morgan fingerprint density at radius 3 is 2.47 bits per heavy atom. The third-order valence-corrected chi connectivity index (χ3v) is 8.27. The number of nitrogens with zero attached hydrogens (tertiary/aromatic N) is 3. The second kappa shape index (κ2) is 14.1. The number of anilines is 1. The van der Waals surface area contributed by atoms with Crippen LogP contribution in [0.2, 0.25) is 0 Å². The van der Waals surface area contributed by atoms with Crippen molar-refractivity contribution in [2.75, 3.05) is 11.4 Å². The lowest BCUT2D eigenvalue weighted by atomic mass is 9.81. The molecular weight excluding hydrogens is 599 g/mol. The minimum absolute atomic E-state index is 0.0971. The maximum Gasteiger partial charge on any atom is 0.490 e. The van der Waals surface area contributed by atoms with Gasteiger partial charge in [0.05, 0.1) is 12.1 Å². The molecule has 3 aliphatic rings. The van der Waals surface area contributed by atoms with Crippen LogP contribution in [0.5, 0.6) is 5.75 Å². The van der Waals surface area contributed by atoms with E-state index in [1.54, 1.807) is 17.0 Å². The Bertz CT molecular complexity index is 1390. The van der Waals surface area contributed by atoms with Crippen LogP contribution in [0.1, 0.15) is 64.9 Å². The van der Waals surface area contributed by atoms with Crippen LogP contribution < -0.4 is 15.0 Å². The molecule has 4 atom stereocenters. The Labute approximate surface area is 259 Å². The SMILES string of the molecule is CC(C)Oc1cccc(CN2CC[C@@]3(C[C@@H]2C)C(=N[C@H]2CCCC[C@@H]2F)NC(=O)N3c2cccc(F)c2)c1.O=C(O)C(F)(F)F. The van der Waals surface area contributed by atoms with E-state index in [0.717, 1.165) is 30.7 Å². The molecule has 1 saturated carbocycles. The number of carbonyl (C=O) groups excluding carboxylic acids is 1. The molecule has 45 heavy (non-hydrogen) atoms. The summed E-state index contributed by atoms with van der Waals surface area (Å²) in [5.74, 6) is -1.78. The molecule has 1 aliphatic carbocycles. The number of carboxylic acids is 1. The van der Waals surface area contributed by atoms with Crippen molar-refractivity contribution in [3.8, 4) is 5.75 Å². The topological polar surface area (TPSA) is 94.5 Å². The first-order chi connectivity index (χ1) is 21.2. The Hall–Kier alpha value is -3.74. The van der Waals surface area contributed by atoms with Crippen LogP contribution >= 0.6 is 0 Å². The van der Waals surface area contributed by atoms with Gasteiger partial charge in [0.2, 0.25) is 0 Å². The van der Waals surface area contributed by atoms with E-state index in [1.807, 2.05) is 26.0 Å². The lowest BCUT2D eigenvalue weighted by Gasteiger charge is -2.47. The number of amidine groups is 1. The molecule has 2 heterocycles. The van der Waals surface area contributed by atoms with E-state index in [2.05, 4.69) is 29.3 Å². The molecule has 3 fully saturated rings. The van der Waals surface area contributed by atoms with Gasteiger partial charge in [-0.15, -0.1) is 0 Å². The predicted molar refractivity (Wildman–Crippen MR) is 160 cm³/mol. The second-order valence-electron chi connectivity index (χ2n) is 12.0. The molecule has 13 heteroatoms. The number of benzene rings is 2. The van der Waals surface area contributed by atoms with Gasteiger partial charge in [-0.25, -0.2) is 18.4 Å². The zero-order valence-corrected chi connectivity index (χ0v) is 25.5. The molecule has 0 unspecified atom stereocenters. The first-order valence-electron chi connectivity index (χ1n) is 15.1. The number of amides is 2. The highest BCUT2D eigenvalue weighted by atomic mass is 19.4. The average Bonchev–Trinajstić information content (AvgIpc) is 3.20. The predicted octanol–water partition coefficient (Wildman–Crippen LogP) is 6.88. The second-order valence-corrected chi connectivity index (χ2v) is 12.0. The van der Waals surface area contributed by atoms with Gasteiger partial charge in [-0.05, 0) is 82.3 Å². The summed E-state index contributed by atoms with van der Waals surface area (Å²) in [6.45, 7) is 7.63. The smallest absolute Gasteiger partial charge is 0.490 e. The standard InChI is InChI=1S/C30H38F2N4O2.C2HF3O2/c1-20(2)38-25-11-6-8-22(16-25)19-35-15-14-30(18-21(35)3)28(33-27-13-5-4-12-26(27)32)34-29(37)36(30)24-10-7-9-23(31)17-24;3-2(4,5)1(6)7/h6-11,16-17,20-21,26-27H,4-5,12-15,18-19H2,1-3H3,(H,33,34,37);(H,6,7)/t21-,26-,27-,30+;/m0./s1. The first-order valence-corrected chi connectivity index (χ1v) is 15.1. The number of likely N-dealkylation sites (tertiary alicyclic amines) is 1. The van der Waals surface area contributed by atoms with Crippen LogP contribution in [0, 0.1) is 5.82 Å². The number of alkyl halides is 4. The fourth-order valence-corrected chi connectivity index (χ4v) is 6.23. The van der Waals surface area contributed by atoms with E-state index in [-0.39, 0.29) is 18.2 Å². The summed E-state index contributed by atoms with van der Waals surface area (Å²) in [6, 6.07) is 13.6. The minimum Gasteiger partial charge on any atom is -0.491 e. The van der Waals surface area contributed by atoms with Crippen molar-refractivity contribution in [2.24, 2.45) is 4.99 Å². The maximum absolute atomic E-state index is 14.8. The molecule has 0 bridgehead atoms. The van der Waals surface area contributed by atoms with Crippen LogP contribution in [0.15, 0.2) is 53.5 Å². The Balaban J connectivity index is 0.000000591. The summed E-state index contributed by atoms with van der Waals surface area (Å²) in [5, 5.41) is 10.1. The summed E-state index contributed by atoms with van der Waals surface area (Å²) in [7, 11) is 0. The summed E-state index contributed by atoms with van der Waals surface area (Å²) in [6.07, 6.45) is -1.81. The zero-order chi connectivity index (χ0) is 32.9.